The second kappa shape index (κ2) is 7.34. The molecule has 1 atom stereocenters. The third-order valence-corrected chi connectivity index (χ3v) is 6.77. The topological polar surface area (TPSA) is 33.5 Å². The summed E-state index contributed by atoms with van der Waals surface area (Å²) in [5.74, 6) is 0.0256. The smallest absolute Gasteiger partial charge is 0.194 e. The highest BCUT2D eigenvalue weighted by atomic mass is 79.9. The maximum Gasteiger partial charge on any atom is 0.194 e. The molecule has 0 bridgehead atoms. The number of ketones is 1. The molecule has 0 N–H and O–H groups in total. The summed E-state index contributed by atoms with van der Waals surface area (Å²) in [7, 11) is 0. The van der Waals surface area contributed by atoms with Gasteiger partial charge in [-0.3, -0.25) is 9.69 Å². The van der Waals surface area contributed by atoms with Gasteiger partial charge in [0, 0.05) is 39.1 Å². The molecule has 2 aliphatic rings. The van der Waals surface area contributed by atoms with Gasteiger partial charge >= 0.3 is 0 Å². The van der Waals surface area contributed by atoms with Gasteiger partial charge in [0.2, 0.25) is 0 Å². The third kappa shape index (κ3) is 3.15. The fraction of sp³-hybridized carbons (Fsp3) is 0.292. The lowest BCUT2D eigenvalue weighted by Gasteiger charge is -2.38. The van der Waals surface area contributed by atoms with Crippen molar-refractivity contribution >= 4 is 38.3 Å². The molecule has 142 valence electrons. The van der Waals surface area contributed by atoms with E-state index >= 15 is 0 Å². The number of fused-ring (bicyclic) bond motifs is 2. The van der Waals surface area contributed by atoms with Gasteiger partial charge in [0.1, 0.15) is 5.58 Å². The van der Waals surface area contributed by atoms with E-state index in [1.165, 1.54) is 31.4 Å². The second-order valence-electron chi connectivity index (χ2n) is 7.75. The van der Waals surface area contributed by atoms with Crippen molar-refractivity contribution in [2.24, 2.45) is 0 Å². The van der Waals surface area contributed by atoms with Crippen LogP contribution < -0.4 is 0 Å². The number of rotatable bonds is 3. The summed E-state index contributed by atoms with van der Waals surface area (Å²) in [6.07, 6.45) is 9.19. The summed E-state index contributed by atoms with van der Waals surface area (Å²) < 4.78 is 6.65. The minimum Gasteiger partial charge on any atom is -0.464 e. The van der Waals surface area contributed by atoms with Crippen molar-refractivity contribution in [2.45, 2.75) is 31.7 Å². The molecule has 1 saturated heterocycles. The van der Waals surface area contributed by atoms with E-state index in [0.717, 1.165) is 34.0 Å². The van der Waals surface area contributed by atoms with Crippen molar-refractivity contribution in [1.82, 2.24) is 4.90 Å². The highest BCUT2D eigenvalue weighted by Gasteiger charge is 2.27. The predicted molar refractivity (Wildman–Crippen MR) is 116 cm³/mol. The zero-order valence-electron chi connectivity index (χ0n) is 15.7. The predicted octanol–water partition coefficient (Wildman–Crippen LogP) is 6.07. The fourth-order valence-electron chi connectivity index (χ4n) is 4.54. The van der Waals surface area contributed by atoms with E-state index < -0.39 is 0 Å². The van der Waals surface area contributed by atoms with Crippen LogP contribution >= 0.6 is 15.9 Å². The monoisotopic (exact) mass is 435 g/mol. The number of benzene rings is 2. The number of hydrogen-bond donors (Lipinski definition) is 0. The maximum atomic E-state index is 13.0. The second-order valence-corrected chi connectivity index (χ2v) is 8.60. The minimum absolute atomic E-state index is 0.0256. The van der Waals surface area contributed by atoms with Crippen LogP contribution in [0, 0.1) is 0 Å². The lowest BCUT2D eigenvalue weighted by Crippen LogP contribution is -2.41. The molecule has 0 amide bonds. The molecule has 0 saturated carbocycles. The van der Waals surface area contributed by atoms with Crippen LogP contribution in [-0.4, -0.2) is 29.8 Å². The van der Waals surface area contributed by atoms with Gasteiger partial charge in [-0.15, -0.1) is 0 Å². The third-order valence-electron chi connectivity index (χ3n) is 6.08. The van der Waals surface area contributed by atoms with Crippen molar-refractivity contribution in [1.29, 1.82) is 0 Å². The zero-order valence-corrected chi connectivity index (χ0v) is 17.2. The van der Waals surface area contributed by atoms with E-state index in [2.05, 4.69) is 26.9 Å². The van der Waals surface area contributed by atoms with Gasteiger partial charge in [0.25, 0.3) is 0 Å². The summed E-state index contributed by atoms with van der Waals surface area (Å²) in [6, 6.07) is 14.0. The Kier molecular flexibility index (Phi) is 4.69. The summed E-state index contributed by atoms with van der Waals surface area (Å²) >= 11 is 3.49. The Morgan fingerprint density at radius 2 is 2.04 bits per heavy atom. The molecule has 0 spiro atoms. The largest absolute Gasteiger partial charge is 0.464 e. The highest BCUT2D eigenvalue weighted by molar-refractivity contribution is 9.10. The Bertz CT molecular complexity index is 1080. The van der Waals surface area contributed by atoms with Crippen LogP contribution in [0.1, 0.15) is 47.2 Å². The first-order valence-corrected chi connectivity index (χ1v) is 10.7. The number of nitrogens with zero attached hydrogens (tertiary/aromatic N) is 1. The maximum absolute atomic E-state index is 13.0. The standard InChI is InChI=1S/C24H22BrNO2/c25-22-7-2-1-6-19(22)24(27)17-8-9-23-20(14-17)21(15-28-23)16-10-12-26-11-4-3-5-18(26)13-16/h1-2,6-10,14-15,18H,3-5,11-13H2. The quantitative estimate of drug-likeness (QED) is 0.468. The van der Waals surface area contributed by atoms with Gasteiger partial charge in [0.05, 0.1) is 6.26 Å². The van der Waals surface area contributed by atoms with Gasteiger partial charge in [-0.1, -0.05) is 40.6 Å². The molecule has 1 aromatic heterocycles. The van der Waals surface area contributed by atoms with Crippen LogP contribution in [0.5, 0.6) is 0 Å². The average Bonchev–Trinajstić information content (AvgIpc) is 3.16. The number of carbonyl (C=O) groups is 1. The first-order chi connectivity index (χ1) is 13.7. The number of halogens is 1. The van der Waals surface area contributed by atoms with E-state index in [0.29, 0.717) is 17.2 Å². The molecule has 3 aromatic rings. The highest BCUT2D eigenvalue weighted by Crippen LogP contribution is 2.36. The van der Waals surface area contributed by atoms with E-state index in [4.69, 9.17) is 4.42 Å². The Morgan fingerprint density at radius 3 is 2.93 bits per heavy atom. The lowest BCUT2D eigenvalue weighted by atomic mass is 9.88. The van der Waals surface area contributed by atoms with E-state index in [9.17, 15) is 4.79 Å². The van der Waals surface area contributed by atoms with Crippen molar-refractivity contribution in [2.75, 3.05) is 13.1 Å². The fourth-order valence-corrected chi connectivity index (χ4v) is 5.00. The van der Waals surface area contributed by atoms with Gasteiger partial charge in [-0.2, -0.15) is 0 Å². The van der Waals surface area contributed by atoms with Crippen LogP contribution in [0.3, 0.4) is 0 Å². The van der Waals surface area contributed by atoms with Crippen LogP contribution in [-0.2, 0) is 0 Å². The molecule has 5 rings (SSSR count). The van der Waals surface area contributed by atoms with Crippen molar-refractivity contribution in [3.8, 4) is 0 Å². The molecule has 0 aliphatic carbocycles. The van der Waals surface area contributed by atoms with Crippen LogP contribution in [0.25, 0.3) is 16.5 Å². The van der Waals surface area contributed by atoms with Crippen molar-refractivity contribution in [3.05, 3.63) is 76.0 Å². The van der Waals surface area contributed by atoms with Gasteiger partial charge in [-0.25, -0.2) is 0 Å². The molecule has 2 aromatic carbocycles. The molecular weight excluding hydrogens is 414 g/mol. The molecule has 2 aliphatic heterocycles. The Morgan fingerprint density at radius 1 is 1.14 bits per heavy atom. The lowest BCUT2D eigenvalue weighted by molar-refractivity contribution is 0.103. The van der Waals surface area contributed by atoms with E-state index in [-0.39, 0.29) is 5.78 Å². The molecule has 3 heterocycles. The minimum atomic E-state index is 0.0256. The normalized spacial score (nSPS) is 20.0. The van der Waals surface area contributed by atoms with Crippen LogP contribution in [0.2, 0.25) is 0 Å². The molecule has 28 heavy (non-hydrogen) atoms. The molecule has 1 fully saturated rings. The first kappa shape index (κ1) is 17.9. The van der Waals surface area contributed by atoms with Crippen molar-refractivity contribution < 1.29 is 9.21 Å². The van der Waals surface area contributed by atoms with Gasteiger partial charge in [-0.05, 0) is 61.7 Å². The number of hydrogen-bond acceptors (Lipinski definition) is 3. The Labute approximate surface area is 173 Å². The Hall–Kier alpha value is -2.17. The molecule has 3 nitrogen and oxygen atoms in total. The van der Waals surface area contributed by atoms with E-state index in [1.807, 2.05) is 48.7 Å². The Balaban J connectivity index is 1.51. The molecular formula is C24H22BrNO2. The molecule has 1 unspecified atom stereocenters. The summed E-state index contributed by atoms with van der Waals surface area (Å²) in [4.78, 5) is 15.6. The van der Waals surface area contributed by atoms with E-state index in [1.54, 1.807) is 0 Å². The average molecular weight is 436 g/mol. The summed E-state index contributed by atoms with van der Waals surface area (Å²) in [5, 5.41) is 1.04. The first-order valence-electron chi connectivity index (χ1n) is 9.94. The zero-order chi connectivity index (χ0) is 19.1. The van der Waals surface area contributed by atoms with Gasteiger partial charge in [0.15, 0.2) is 5.78 Å². The SMILES string of the molecule is O=C(c1ccc2occ(C3=CCN4CCCCC4C3)c2c1)c1ccccc1Br. The van der Waals surface area contributed by atoms with Crippen LogP contribution in [0.15, 0.2) is 63.7 Å². The summed E-state index contributed by atoms with van der Waals surface area (Å²) in [6.45, 7) is 2.23. The summed E-state index contributed by atoms with van der Waals surface area (Å²) in [5.41, 5.74) is 4.71. The molecule has 0 radical (unpaired) electrons. The van der Waals surface area contributed by atoms with Crippen molar-refractivity contribution in [3.63, 3.8) is 0 Å². The van der Waals surface area contributed by atoms with Crippen LogP contribution in [0.4, 0.5) is 0 Å². The number of piperidine rings is 1. The number of furan rings is 1. The number of carbonyl (C=O) groups excluding carboxylic acids is 1. The van der Waals surface area contributed by atoms with Gasteiger partial charge < -0.3 is 4.42 Å². The molecule has 4 heteroatoms.